The first-order valence-corrected chi connectivity index (χ1v) is 6.58. The highest BCUT2D eigenvalue weighted by Crippen LogP contribution is 2.25. The van der Waals surface area contributed by atoms with Gasteiger partial charge in [0.2, 0.25) is 11.8 Å². The van der Waals surface area contributed by atoms with E-state index in [9.17, 15) is 9.59 Å². The van der Waals surface area contributed by atoms with Gasteiger partial charge in [-0.2, -0.15) is 0 Å². The summed E-state index contributed by atoms with van der Waals surface area (Å²) in [5.74, 6) is -0.109. The first-order valence-electron chi connectivity index (χ1n) is 6.58. The normalized spacial score (nSPS) is 15.2. The fourth-order valence-electron chi connectivity index (χ4n) is 2.14. The Kier molecular flexibility index (Phi) is 4.70. The van der Waals surface area contributed by atoms with Crippen molar-refractivity contribution in [1.82, 2.24) is 0 Å². The van der Waals surface area contributed by atoms with Crippen molar-refractivity contribution in [3.8, 4) is 0 Å². The summed E-state index contributed by atoms with van der Waals surface area (Å²) >= 11 is 0. The Bertz CT molecular complexity index is 512. The molecule has 6 heteroatoms. The predicted molar refractivity (Wildman–Crippen MR) is 76.5 cm³/mol. The Hall–Kier alpha value is -1.92. The predicted octanol–water partition coefficient (Wildman–Crippen LogP) is 0.874. The molecule has 1 aliphatic heterocycles. The van der Waals surface area contributed by atoms with Gasteiger partial charge in [0.15, 0.2) is 0 Å². The second-order valence-corrected chi connectivity index (χ2v) is 4.77. The highest BCUT2D eigenvalue weighted by molar-refractivity contribution is 5.95. The number of carbonyl (C=O) groups excluding carboxylic acids is 2. The second kappa shape index (κ2) is 6.49. The molecule has 2 rings (SSSR count). The van der Waals surface area contributed by atoms with Crippen LogP contribution in [-0.4, -0.2) is 31.6 Å². The minimum Gasteiger partial charge on any atom is -0.380 e. The van der Waals surface area contributed by atoms with E-state index in [1.165, 1.54) is 7.11 Å². The topological polar surface area (TPSA) is 93.4 Å². The maximum absolute atomic E-state index is 11.8. The number of rotatable bonds is 5. The molecular weight excluding hydrogens is 258 g/mol. The monoisotopic (exact) mass is 277 g/mol. The van der Waals surface area contributed by atoms with Crippen LogP contribution in [0.5, 0.6) is 0 Å². The molecule has 20 heavy (non-hydrogen) atoms. The van der Waals surface area contributed by atoms with Crippen LogP contribution in [0, 0.1) is 0 Å². The van der Waals surface area contributed by atoms with Crippen molar-refractivity contribution in [2.45, 2.75) is 25.4 Å². The van der Waals surface area contributed by atoms with Gasteiger partial charge < -0.3 is 21.1 Å². The number of hydrogen-bond acceptors (Lipinski definition) is 4. The van der Waals surface area contributed by atoms with Gasteiger partial charge in [0.25, 0.3) is 0 Å². The fourth-order valence-corrected chi connectivity index (χ4v) is 2.14. The van der Waals surface area contributed by atoms with Crippen LogP contribution in [0.15, 0.2) is 18.2 Å². The summed E-state index contributed by atoms with van der Waals surface area (Å²) < 4.78 is 5.08. The van der Waals surface area contributed by atoms with Crippen LogP contribution in [0.3, 0.4) is 0 Å². The number of ether oxygens (including phenoxy) is 1. The molecule has 0 saturated carbocycles. The summed E-state index contributed by atoms with van der Waals surface area (Å²) in [6.45, 7) is 0.306. The lowest BCUT2D eigenvalue weighted by molar-refractivity contribution is -0.118. The molecule has 6 nitrogen and oxygen atoms in total. The van der Waals surface area contributed by atoms with Gasteiger partial charge in [-0.25, -0.2) is 0 Å². The molecule has 0 fully saturated rings. The van der Waals surface area contributed by atoms with Crippen LogP contribution in [0.2, 0.25) is 0 Å². The van der Waals surface area contributed by atoms with Gasteiger partial charge in [0.05, 0.1) is 12.5 Å². The molecule has 1 aromatic rings. The molecule has 0 radical (unpaired) electrons. The molecule has 1 atom stereocenters. The number of nitrogens with one attached hydrogen (secondary N) is 2. The molecule has 2 amide bonds. The SMILES string of the molecule is COC(CN)CC(=O)Nc1ccc2c(c1)CCC(=O)N2. The Morgan fingerprint density at radius 2 is 2.30 bits per heavy atom. The zero-order valence-electron chi connectivity index (χ0n) is 11.4. The molecular formula is C14H19N3O3. The van der Waals surface area contributed by atoms with Crippen molar-refractivity contribution in [3.05, 3.63) is 23.8 Å². The average molecular weight is 277 g/mol. The van der Waals surface area contributed by atoms with Crippen molar-refractivity contribution in [1.29, 1.82) is 0 Å². The second-order valence-electron chi connectivity index (χ2n) is 4.77. The molecule has 1 unspecified atom stereocenters. The summed E-state index contributed by atoms with van der Waals surface area (Å²) in [4.78, 5) is 23.1. The highest BCUT2D eigenvalue weighted by Gasteiger charge is 2.16. The van der Waals surface area contributed by atoms with E-state index in [-0.39, 0.29) is 24.3 Å². The van der Waals surface area contributed by atoms with E-state index in [2.05, 4.69) is 10.6 Å². The molecule has 1 aromatic carbocycles. The number of nitrogens with two attached hydrogens (primary N) is 1. The molecule has 0 spiro atoms. The quantitative estimate of drug-likeness (QED) is 0.744. The standard InChI is InChI=1S/C14H19N3O3/c1-20-11(8-15)7-14(19)16-10-3-4-12-9(6-10)2-5-13(18)17-12/h3-4,6,11H,2,5,7-8,15H2,1H3,(H,16,19)(H,17,18). The van der Waals surface area contributed by atoms with Crippen LogP contribution in [0.4, 0.5) is 11.4 Å². The van der Waals surface area contributed by atoms with Gasteiger partial charge in [0, 0.05) is 31.5 Å². The van der Waals surface area contributed by atoms with Crippen molar-refractivity contribution in [2.75, 3.05) is 24.3 Å². The summed E-state index contributed by atoms with van der Waals surface area (Å²) in [6, 6.07) is 5.46. The number of fused-ring (bicyclic) bond motifs is 1. The first-order chi connectivity index (χ1) is 9.62. The Morgan fingerprint density at radius 1 is 1.50 bits per heavy atom. The zero-order valence-corrected chi connectivity index (χ0v) is 11.4. The zero-order chi connectivity index (χ0) is 14.5. The molecule has 1 heterocycles. The maximum Gasteiger partial charge on any atom is 0.227 e. The van der Waals surface area contributed by atoms with E-state index in [1.54, 1.807) is 12.1 Å². The van der Waals surface area contributed by atoms with Crippen LogP contribution in [0.1, 0.15) is 18.4 Å². The van der Waals surface area contributed by atoms with E-state index in [4.69, 9.17) is 10.5 Å². The summed E-state index contributed by atoms with van der Waals surface area (Å²) in [6.07, 6.45) is 1.12. The number of anilines is 2. The summed E-state index contributed by atoms with van der Waals surface area (Å²) in [5.41, 5.74) is 8.05. The molecule has 1 aliphatic rings. The number of benzene rings is 1. The largest absolute Gasteiger partial charge is 0.380 e. The molecule has 0 aromatic heterocycles. The highest BCUT2D eigenvalue weighted by atomic mass is 16.5. The first kappa shape index (κ1) is 14.5. The van der Waals surface area contributed by atoms with Gasteiger partial charge in [-0.1, -0.05) is 0 Å². The van der Waals surface area contributed by atoms with Crippen LogP contribution in [-0.2, 0) is 20.7 Å². The summed E-state index contributed by atoms with van der Waals surface area (Å²) in [7, 11) is 1.53. The Balaban J connectivity index is 2.00. The third-order valence-electron chi connectivity index (χ3n) is 3.29. The number of amides is 2. The van der Waals surface area contributed by atoms with Gasteiger partial charge in [-0.15, -0.1) is 0 Å². The van der Waals surface area contributed by atoms with Crippen LogP contribution in [0.25, 0.3) is 0 Å². The lowest BCUT2D eigenvalue weighted by Crippen LogP contribution is -2.28. The van der Waals surface area contributed by atoms with E-state index >= 15 is 0 Å². The molecule has 0 saturated heterocycles. The molecule has 0 aliphatic carbocycles. The van der Waals surface area contributed by atoms with Crippen molar-refractivity contribution >= 4 is 23.2 Å². The third kappa shape index (κ3) is 3.55. The van der Waals surface area contributed by atoms with Crippen LogP contribution < -0.4 is 16.4 Å². The lowest BCUT2D eigenvalue weighted by atomic mass is 10.0. The van der Waals surface area contributed by atoms with Gasteiger partial charge in [-0.3, -0.25) is 9.59 Å². The van der Waals surface area contributed by atoms with Gasteiger partial charge >= 0.3 is 0 Å². The van der Waals surface area contributed by atoms with E-state index in [1.807, 2.05) is 6.07 Å². The molecule has 0 bridgehead atoms. The minimum atomic E-state index is -0.271. The average Bonchev–Trinajstić information content (AvgIpc) is 2.45. The van der Waals surface area contributed by atoms with Crippen molar-refractivity contribution in [3.63, 3.8) is 0 Å². The smallest absolute Gasteiger partial charge is 0.227 e. The number of carbonyl (C=O) groups is 2. The molecule has 108 valence electrons. The van der Waals surface area contributed by atoms with Crippen molar-refractivity contribution < 1.29 is 14.3 Å². The Morgan fingerprint density at radius 3 is 3.00 bits per heavy atom. The van der Waals surface area contributed by atoms with Crippen molar-refractivity contribution in [2.24, 2.45) is 5.73 Å². The maximum atomic E-state index is 11.8. The van der Waals surface area contributed by atoms with Gasteiger partial charge in [0.1, 0.15) is 0 Å². The van der Waals surface area contributed by atoms with E-state index in [0.717, 1.165) is 16.9 Å². The lowest BCUT2D eigenvalue weighted by Gasteiger charge is -2.18. The number of aryl methyl sites for hydroxylation is 1. The number of methoxy groups -OCH3 is 1. The summed E-state index contributed by atoms with van der Waals surface area (Å²) in [5, 5.41) is 5.62. The van der Waals surface area contributed by atoms with Crippen LogP contribution >= 0.6 is 0 Å². The fraction of sp³-hybridized carbons (Fsp3) is 0.429. The van der Waals surface area contributed by atoms with E-state index in [0.29, 0.717) is 19.4 Å². The Labute approximate surface area is 117 Å². The minimum absolute atomic E-state index is 0.0279. The third-order valence-corrected chi connectivity index (χ3v) is 3.29. The van der Waals surface area contributed by atoms with Gasteiger partial charge in [-0.05, 0) is 30.2 Å². The van der Waals surface area contributed by atoms with E-state index < -0.39 is 0 Å². The number of hydrogen-bond donors (Lipinski definition) is 3. The molecule has 4 N–H and O–H groups in total.